The number of nitrogens with zero attached hydrogens (tertiary/aromatic N) is 2. The molecule has 8 heteroatoms. The molecular weight excluding hydrogens is 351 g/mol. The molecule has 0 unspecified atom stereocenters. The molecule has 25 heavy (non-hydrogen) atoms. The molecule has 132 valence electrons. The van der Waals surface area contributed by atoms with Crippen LogP contribution in [0.3, 0.4) is 0 Å². The van der Waals surface area contributed by atoms with Crippen LogP contribution in [-0.2, 0) is 5.75 Å². The molecule has 0 aliphatic rings. The highest BCUT2D eigenvalue weighted by atomic mass is 32.2. The minimum absolute atomic E-state index is 0.154. The van der Waals surface area contributed by atoms with Crippen molar-refractivity contribution >= 4 is 23.1 Å². The van der Waals surface area contributed by atoms with Gasteiger partial charge in [-0.15, -0.1) is 5.10 Å². The van der Waals surface area contributed by atoms with Crippen molar-refractivity contribution in [1.82, 2.24) is 0 Å². The van der Waals surface area contributed by atoms with E-state index in [9.17, 15) is 13.2 Å². The number of hydrogen-bond donors (Lipinski definition) is 1. The molecule has 0 aliphatic carbocycles. The Morgan fingerprint density at radius 2 is 1.92 bits per heavy atom. The van der Waals surface area contributed by atoms with Crippen molar-refractivity contribution in [3.63, 3.8) is 0 Å². The molecule has 2 rings (SSSR count). The SMILES string of the molecule is CCOc1cc(F)c(F)c(F)c1C=NN=C(N)SCc1ccccc1. The fourth-order valence-corrected chi connectivity index (χ4v) is 2.50. The van der Waals surface area contributed by atoms with E-state index in [1.54, 1.807) is 6.92 Å². The van der Waals surface area contributed by atoms with E-state index in [1.807, 2.05) is 30.3 Å². The predicted molar refractivity (Wildman–Crippen MR) is 94.4 cm³/mol. The molecule has 0 saturated carbocycles. The number of ether oxygens (including phenoxy) is 1. The standard InChI is InChI=1S/C17H16F3N3OS/c1-2-24-14-8-13(18)16(20)15(19)12(14)9-22-23-17(21)25-10-11-6-4-3-5-7-11/h3-9H,2,10H2,1H3,(H2,21,23). The summed E-state index contributed by atoms with van der Waals surface area (Å²) in [5.74, 6) is -3.89. The number of halogens is 3. The lowest BCUT2D eigenvalue weighted by Gasteiger charge is -2.08. The molecule has 0 bridgehead atoms. The largest absolute Gasteiger partial charge is 0.493 e. The molecule has 2 N–H and O–H groups in total. The van der Waals surface area contributed by atoms with Gasteiger partial charge in [-0.25, -0.2) is 13.2 Å². The van der Waals surface area contributed by atoms with Crippen LogP contribution in [0.15, 0.2) is 46.6 Å². The Labute approximate surface area is 147 Å². The first-order valence-electron chi connectivity index (χ1n) is 7.36. The summed E-state index contributed by atoms with van der Waals surface area (Å²) in [5.41, 5.74) is 6.44. The Bertz CT molecular complexity index is 782. The summed E-state index contributed by atoms with van der Waals surface area (Å²) in [6.07, 6.45) is 0.943. The van der Waals surface area contributed by atoms with Crippen LogP contribution in [0, 0.1) is 17.5 Å². The number of amidine groups is 1. The van der Waals surface area contributed by atoms with Gasteiger partial charge in [-0.3, -0.25) is 0 Å². The van der Waals surface area contributed by atoms with Gasteiger partial charge in [0.1, 0.15) is 5.75 Å². The van der Waals surface area contributed by atoms with Gasteiger partial charge >= 0.3 is 0 Å². The monoisotopic (exact) mass is 367 g/mol. The van der Waals surface area contributed by atoms with Crippen molar-refractivity contribution in [2.45, 2.75) is 12.7 Å². The number of hydrogen-bond acceptors (Lipinski definition) is 4. The van der Waals surface area contributed by atoms with E-state index in [0.717, 1.165) is 17.8 Å². The molecule has 0 radical (unpaired) electrons. The van der Waals surface area contributed by atoms with E-state index in [2.05, 4.69) is 10.2 Å². The lowest BCUT2D eigenvalue weighted by molar-refractivity contribution is 0.330. The zero-order chi connectivity index (χ0) is 18.2. The number of thioether (sulfide) groups is 1. The molecule has 0 amide bonds. The zero-order valence-corrected chi connectivity index (χ0v) is 14.2. The van der Waals surface area contributed by atoms with E-state index >= 15 is 0 Å². The Morgan fingerprint density at radius 3 is 2.60 bits per heavy atom. The van der Waals surface area contributed by atoms with Gasteiger partial charge in [-0.2, -0.15) is 5.10 Å². The van der Waals surface area contributed by atoms with Crippen LogP contribution in [0.4, 0.5) is 13.2 Å². The molecular formula is C17H16F3N3OS. The first kappa shape index (κ1) is 18.9. The highest BCUT2D eigenvalue weighted by molar-refractivity contribution is 8.13. The third kappa shape index (κ3) is 5.25. The molecule has 4 nitrogen and oxygen atoms in total. The van der Waals surface area contributed by atoms with Crippen molar-refractivity contribution in [3.8, 4) is 5.75 Å². The summed E-state index contributed by atoms with van der Waals surface area (Å²) in [7, 11) is 0. The van der Waals surface area contributed by atoms with Gasteiger partial charge in [0.2, 0.25) is 0 Å². The summed E-state index contributed by atoms with van der Waals surface area (Å²) in [4.78, 5) is 0. The van der Waals surface area contributed by atoms with E-state index in [-0.39, 0.29) is 23.1 Å². The molecule has 0 spiro atoms. The zero-order valence-electron chi connectivity index (χ0n) is 13.4. The van der Waals surface area contributed by atoms with Gasteiger partial charge in [0.15, 0.2) is 22.6 Å². The van der Waals surface area contributed by atoms with Crippen LogP contribution >= 0.6 is 11.8 Å². The number of benzene rings is 2. The molecule has 0 saturated heterocycles. The summed E-state index contributed by atoms with van der Waals surface area (Å²) >= 11 is 1.24. The quantitative estimate of drug-likeness (QED) is 0.362. The third-order valence-electron chi connectivity index (χ3n) is 3.03. The predicted octanol–water partition coefficient (Wildman–Crippen LogP) is 4.08. The maximum Gasteiger partial charge on any atom is 0.195 e. The Hall–Kier alpha value is -2.48. The molecule has 0 heterocycles. The van der Waals surface area contributed by atoms with E-state index in [1.165, 1.54) is 11.8 Å². The summed E-state index contributed by atoms with van der Waals surface area (Å²) in [6, 6.07) is 10.4. The van der Waals surface area contributed by atoms with Gasteiger partial charge in [-0.1, -0.05) is 42.1 Å². The first-order chi connectivity index (χ1) is 12.0. The van der Waals surface area contributed by atoms with Gasteiger partial charge in [-0.05, 0) is 12.5 Å². The summed E-state index contributed by atoms with van der Waals surface area (Å²) in [6.45, 7) is 1.79. The van der Waals surface area contributed by atoms with Crippen LogP contribution in [0.25, 0.3) is 0 Å². The molecule has 2 aromatic rings. The topological polar surface area (TPSA) is 60.0 Å². The average Bonchev–Trinajstić information content (AvgIpc) is 2.62. The van der Waals surface area contributed by atoms with E-state index in [0.29, 0.717) is 5.75 Å². The molecule has 0 atom stereocenters. The molecule has 0 fully saturated rings. The van der Waals surface area contributed by atoms with E-state index < -0.39 is 17.5 Å². The fourth-order valence-electron chi connectivity index (χ4n) is 1.89. The average molecular weight is 367 g/mol. The van der Waals surface area contributed by atoms with Crippen LogP contribution in [-0.4, -0.2) is 18.0 Å². The van der Waals surface area contributed by atoms with Crippen molar-refractivity contribution in [1.29, 1.82) is 0 Å². The van der Waals surface area contributed by atoms with Crippen LogP contribution in [0.5, 0.6) is 5.75 Å². The smallest absolute Gasteiger partial charge is 0.195 e. The van der Waals surface area contributed by atoms with Crippen LogP contribution < -0.4 is 10.5 Å². The highest BCUT2D eigenvalue weighted by Gasteiger charge is 2.18. The number of nitrogens with two attached hydrogens (primary N) is 1. The maximum absolute atomic E-state index is 13.9. The van der Waals surface area contributed by atoms with Crippen molar-refractivity contribution < 1.29 is 17.9 Å². The molecule has 0 aromatic heterocycles. The second-order valence-corrected chi connectivity index (χ2v) is 5.78. The lowest BCUT2D eigenvalue weighted by Crippen LogP contribution is -2.06. The van der Waals surface area contributed by atoms with Crippen molar-refractivity contribution in [2.24, 2.45) is 15.9 Å². The minimum atomic E-state index is -1.60. The maximum atomic E-state index is 13.9. The number of rotatable bonds is 6. The van der Waals surface area contributed by atoms with Gasteiger partial charge < -0.3 is 10.5 Å². The van der Waals surface area contributed by atoms with Crippen molar-refractivity contribution in [2.75, 3.05) is 6.61 Å². The highest BCUT2D eigenvalue weighted by Crippen LogP contribution is 2.25. The van der Waals surface area contributed by atoms with Crippen molar-refractivity contribution in [3.05, 3.63) is 65.0 Å². The Morgan fingerprint density at radius 1 is 1.20 bits per heavy atom. The lowest BCUT2D eigenvalue weighted by atomic mass is 10.2. The normalized spacial score (nSPS) is 11.9. The molecule has 2 aromatic carbocycles. The first-order valence-corrected chi connectivity index (χ1v) is 8.35. The van der Waals surface area contributed by atoms with Crippen LogP contribution in [0.1, 0.15) is 18.1 Å². The van der Waals surface area contributed by atoms with Gasteiger partial charge in [0, 0.05) is 11.8 Å². The fraction of sp³-hybridized carbons (Fsp3) is 0.176. The van der Waals surface area contributed by atoms with E-state index in [4.69, 9.17) is 10.5 Å². The summed E-state index contributed by atoms with van der Waals surface area (Å²) in [5, 5.41) is 7.51. The van der Waals surface area contributed by atoms with Gasteiger partial charge in [0.25, 0.3) is 0 Å². The Kier molecular flexibility index (Phi) is 6.88. The summed E-state index contributed by atoms with van der Waals surface area (Å²) < 4.78 is 45.6. The molecule has 0 aliphatic heterocycles. The Balaban J connectivity index is 2.11. The third-order valence-corrected chi connectivity index (χ3v) is 3.89. The second kappa shape index (κ2) is 9.12. The minimum Gasteiger partial charge on any atom is -0.493 e. The van der Waals surface area contributed by atoms with Gasteiger partial charge in [0.05, 0.1) is 18.4 Å². The second-order valence-electron chi connectivity index (χ2n) is 4.79. The van der Waals surface area contributed by atoms with Crippen LogP contribution in [0.2, 0.25) is 0 Å².